The monoisotopic (exact) mass is 214 g/mol. The highest BCUT2D eigenvalue weighted by molar-refractivity contribution is 6.26. The van der Waals surface area contributed by atoms with Gasteiger partial charge >= 0.3 is 5.97 Å². The van der Waals surface area contributed by atoms with Crippen molar-refractivity contribution in [3.05, 3.63) is 0 Å². The van der Waals surface area contributed by atoms with Crippen molar-refractivity contribution in [2.24, 2.45) is 0 Å². The Bertz CT molecular complexity index is 147. The second kappa shape index (κ2) is 13.3. The second-order valence-corrected chi connectivity index (χ2v) is 1.83. The topological polar surface area (TPSA) is 112 Å². The van der Waals surface area contributed by atoms with Crippen LogP contribution >= 0.6 is 11.6 Å². The van der Waals surface area contributed by atoms with Crippen molar-refractivity contribution < 1.29 is 29.7 Å². The van der Waals surface area contributed by atoms with Crippen LogP contribution in [0.3, 0.4) is 0 Å². The fourth-order valence-electron chi connectivity index (χ4n) is 0. The Hall–Kier alpha value is -1.30. The van der Waals surface area contributed by atoms with Gasteiger partial charge in [0.15, 0.2) is 0 Å². The molecule has 0 saturated carbocycles. The number of aliphatic carboxylic acids is 3. The Labute approximate surface area is 79.7 Å². The summed E-state index contributed by atoms with van der Waals surface area (Å²) in [5.74, 6) is -2.95. The Kier molecular flexibility index (Phi) is 18.1. The summed E-state index contributed by atoms with van der Waals surface area (Å²) in [5, 5.41) is 22.4. The van der Waals surface area contributed by atoms with Gasteiger partial charge in [-0.25, -0.2) is 0 Å². The molecule has 6 nitrogen and oxygen atoms in total. The van der Waals surface area contributed by atoms with Gasteiger partial charge in [0.1, 0.15) is 5.88 Å². The molecule has 0 aromatic carbocycles. The van der Waals surface area contributed by atoms with Crippen LogP contribution in [0.4, 0.5) is 0 Å². The summed E-state index contributed by atoms with van der Waals surface area (Å²) >= 11 is 4.74. The number of carboxylic acids is 3. The molecule has 13 heavy (non-hydrogen) atoms. The van der Waals surface area contributed by atoms with E-state index in [1.807, 2.05) is 0 Å². The third-order valence-electron chi connectivity index (χ3n) is 0.114. The van der Waals surface area contributed by atoms with E-state index in [9.17, 15) is 4.79 Å². The zero-order chi connectivity index (χ0) is 11.4. The quantitative estimate of drug-likeness (QED) is 0.548. The van der Waals surface area contributed by atoms with E-state index in [1.165, 1.54) is 0 Å². The van der Waals surface area contributed by atoms with Crippen LogP contribution in [0.2, 0.25) is 0 Å². The number of hydrogen-bond acceptors (Lipinski definition) is 3. The molecule has 0 rings (SSSR count). The lowest BCUT2D eigenvalue weighted by Crippen LogP contribution is -1.92. The van der Waals surface area contributed by atoms with Crippen molar-refractivity contribution >= 4 is 29.5 Å². The molecular formula is C6H11ClO6. The van der Waals surface area contributed by atoms with E-state index >= 15 is 0 Å². The number of hydrogen-bond donors (Lipinski definition) is 3. The van der Waals surface area contributed by atoms with Gasteiger partial charge in [0.05, 0.1) is 0 Å². The van der Waals surface area contributed by atoms with Crippen LogP contribution in [0, 0.1) is 0 Å². The van der Waals surface area contributed by atoms with Crippen molar-refractivity contribution in [2.75, 3.05) is 5.88 Å². The van der Waals surface area contributed by atoms with Gasteiger partial charge in [-0.1, -0.05) is 0 Å². The minimum absolute atomic E-state index is 0.306. The van der Waals surface area contributed by atoms with Crippen LogP contribution in [0.25, 0.3) is 0 Å². The molecule has 7 heteroatoms. The van der Waals surface area contributed by atoms with Crippen molar-refractivity contribution in [1.29, 1.82) is 0 Å². The molecular weight excluding hydrogens is 204 g/mol. The molecule has 0 aromatic rings. The Balaban J connectivity index is -0.000000117. The van der Waals surface area contributed by atoms with Crippen molar-refractivity contribution in [2.45, 2.75) is 13.8 Å². The van der Waals surface area contributed by atoms with Crippen LogP contribution in [0.1, 0.15) is 13.8 Å². The molecule has 0 fully saturated rings. The maximum absolute atomic E-state index is 9.24. The Morgan fingerprint density at radius 2 is 1.08 bits per heavy atom. The lowest BCUT2D eigenvalue weighted by Gasteiger charge is -1.69. The molecule has 3 N–H and O–H groups in total. The van der Waals surface area contributed by atoms with E-state index in [0.29, 0.717) is 0 Å². The number of rotatable bonds is 1. The highest BCUT2D eigenvalue weighted by Crippen LogP contribution is 1.67. The first-order chi connectivity index (χ1) is 5.73. The minimum Gasteiger partial charge on any atom is -0.481 e. The summed E-state index contributed by atoms with van der Waals surface area (Å²) < 4.78 is 0. The first-order valence-corrected chi connectivity index (χ1v) is 3.44. The van der Waals surface area contributed by atoms with Crippen LogP contribution in [0.15, 0.2) is 0 Å². The third-order valence-corrected chi connectivity index (χ3v) is 0.343. The summed E-state index contributed by atoms with van der Waals surface area (Å²) in [6.07, 6.45) is 0. The van der Waals surface area contributed by atoms with E-state index in [1.54, 1.807) is 0 Å². The molecule has 78 valence electrons. The summed E-state index contributed by atoms with van der Waals surface area (Å²) in [6.45, 7) is 2.17. The summed E-state index contributed by atoms with van der Waals surface area (Å²) in [7, 11) is 0. The highest BCUT2D eigenvalue weighted by Gasteiger charge is 1.83. The first-order valence-electron chi connectivity index (χ1n) is 2.90. The maximum Gasteiger partial charge on any atom is 0.318 e. The van der Waals surface area contributed by atoms with Crippen LogP contribution in [-0.2, 0) is 14.4 Å². The van der Waals surface area contributed by atoms with Crippen molar-refractivity contribution in [3.63, 3.8) is 0 Å². The standard InChI is InChI=1S/C2H3ClO2.2C2H4O2/c3-1-2(4)5;2*1-2(3)4/h1H2,(H,4,5);2*1H3,(H,3,4). The summed E-state index contributed by atoms with van der Waals surface area (Å²) in [5.41, 5.74) is 0. The fourth-order valence-corrected chi connectivity index (χ4v) is 0. The van der Waals surface area contributed by atoms with Gasteiger partial charge in [-0.2, -0.15) is 0 Å². The van der Waals surface area contributed by atoms with Crippen molar-refractivity contribution in [3.8, 4) is 0 Å². The zero-order valence-corrected chi connectivity index (χ0v) is 7.91. The van der Waals surface area contributed by atoms with E-state index in [-0.39, 0.29) is 5.88 Å². The molecule has 0 aliphatic heterocycles. The smallest absolute Gasteiger partial charge is 0.318 e. The predicted octanol–water partition coefficient (Wildman–Crippen LogP) is 0.492. The van der Waals surface area contributed by atoms with Gasteiger partial charge in [-0.05, 0) is 0 Å². The minimum atomic E-state index is -0.980. The average molecular weight is 215 g/mol. The van der Waals surface area contributed by atoms with E-state index in [2.05, 4.69) is 0 Å². The molecule has 0 aromatic heterocycles. The average Bonchev–Trinajstić information content (AvgIpc) is 1.84. The van der Waals surface area contributed by atoms with Gasteiger partial charge in [-0.15, -0.1) is 11.6 Å². The third kappa shape index (κ3) is 1650. The molecule has 0 unspecified atom stereocenters. The zero-order valence-electron chi connectivity index (χ0n) is 7.15. The van der Waals surface area contributed by atoms with Gasteiger partial charge in [0.2, 0.25) is 0 Å². The molecule has 0 saturated heterocycles. The molecule has 0 amide bonds. The second-order valence-electron chi connectivity index (χ2n) is 1.57. The molecule has 0 radical (unpaired) electrons. The molecule has 0 heterocycles. The number of halogens is 1. The van der Waals surface area contributed by atoms with Crippen LogP contribution in [0.5, 0.6) is 0 Å². The number of carboxylic acid groups (broad SMARTS) is 3. The van der Waals surface area contributed by atoms with E-state index in [4.69, 9.17) is 36.5 Å². The Morgan fingerprint density at radius 3 is 1.08 bits per heavy atom. The first kappa shape index (κ1) is 17.7. The van der Waals surface area contributed by atoms with E-state index < -0.39 is 17.9 Å². The lowest BCUT2D eigenvalue weighted by molar-refractivity contribution is -0.135. The van der Waals surface area contributed by atoms with E-state index in [0.717, 1.165) is 13.8 Å². The number of carbonyl (C=O) groups is 3. The SMILES string of the molecule is CC(=O)O.CC(=O)O.O=C(O)CCl. The normalized spacial score (nSPS) is 6.69. The molecule has 0 atom stereocenters. The predicted molar refractivity (Wildman–Crippen MR) is 45.0 cm³/mol. The molecule has 0 aliphatic carbocycles. The van der Waals surface area contributed by atoms with Crippen molar-refractivity contribution in [1.82, 2.24) is 0 Å². The fraction of sp³-hybridized carbons (Fsp3) is 0.500. The maximum atomic E-state index is 9.24. The summed E-state index contributed by atoms with van der Waals surface area (Å²) in [6, 6.07) is 0. The van der Waals surface area contributed by atoms with Crippen LogP contribution in [-0.4, -0.2) is 39.1 Å². The summed E-state index contributed by atoms with van der Waals surface area (Å²) in [4.78, 5) is 27.2. The molecule has 0 spiro atoms. The van der Waals surface area contributed by atoms with Gasteiger partial charge in [-0.3, -0.25) is 14.4 Å². The molecule has 0 bridgehead atoms. The van der Waals surface area contributed by atoms with Crippen LogP contribution < -0.4 is 0 Å². The lowest BCUT2D eigenvalue weighted by atomic mass is 10.8. The van der Waals surface area contributed by atoms with Gasteiger partial charge in [0, 0.05) is 13.8 Å². The Morgan fingerprint density at radius 1 is 1.00 bits per heavy atom. The number of alkyl halides is 1. The largest absolute Gasteiger partial charge is 0.481 e. The van der Waals surface area contributed by atoms with Gasteiger partial charge in [0.25, 0.3) is 11.9 Å². The molecule has 0 aliphatic rings. The highest BCUT2D eigenvalue weighted by atomic mass is 35.5. The van der Waals surface area contributed by atoms with Gasteiger partial charge < -0.3 is 15.3 Å².